The summed E-state index contributed by atoms with van der Waals surface area (Å²) < 4.78 is 46.6. The summed E-state index contributed by atoms with van der Waals surface area (Å²) in [4.78, 5) is 9.47. The van der Waals surface area contributed by atoms with Gasteiger partial charge in [0.25, 0.3) is 0 Å². The van der Waals surface area contributed by atoms with Crippen LogP contribution in [0.4, 0.5) is 24.7 Å². The molecule has 162 valence electrons. The maximum absolute atomic E-state index is 13.6. The molecular weight excluding hydrogens is 391 g/mol. The van der Waals surface area contributed by atoms with Crippen LogP contribution in [-0.4, -0.2) is 23.1 Å². The van der Waals surface area contributed by atoms with Crippen LogP contribution in [0.5, 0.6) is 6.01 Å². The largest absolute Gasteiger partial charge is 0.460 e. The topological polar surface area (TPSA) is 38.2 Å². The molecule has 0 unspecified atom stereocenters. The summed E-state index contributed by atoms with van der Waals surface area (Å²) in [6, 6.07) is 7.84. The molecule has 2 aromatic rings. The van der Waals surface area contributed by atoms with E-state index in [0.717, 1.165) is 31.9 Å². The standard InChI is InChI=1S/C23H28F3N3O/c1-29(18-13-11-17(12-14-18)16-7-3-2-4-8-16)21-20(23(24,25)26)15-27-22(28-21)30-19-9-5-6-10-19/h11-16,19H,2-10H2,1H3. The van der Waals surface area contributed by atoms with Crippen molar-refractivity contribution in [2.75, 3.05) is 11.9 Å². The summed E-state index contributed by atoms with van der Waals surface area (Å²) in [5.41, 5.74) is 1.06. The SMILES string of the molecule is CN(c1ccc(C2CCCCC2)cc1)c1nc(OC2CCCC2)ncc1C(F)(F)F. The van der Waals surface area contributed by atoms with Crippen LogP contribution in [0.1, 0.15) is 74.8 Å². The summed E-state index contributed by atoms with van der Waals surface area (Å²) in [6.07, 6.45) is 6.30. The van der Waals surface area contributed by atoms with Crippen molar-refractivity contribution in [2.45, 2.75) is 76.0 Å². The molecular formula is C23H28F3N3O. The van der Waals surface area contributed by atoms with Gasteiger partial charge >= 0.3 is 12.2 Å². The number of rotatable bonds is 5. The number of nitrogens with zero attached hydrogens (tertiary/aromatic N) is 3. The smallest absolute Gasteiger partial charge is 0.421 e. The molecule has 2 saturated carbocycles. The molecule has 7 heteroatoms. The van der Waals surface area contributed by atoms with Crippen LogP contribution < -0.4 is 9.64 Å². The zero-order chi connectivity index (χ0) is 21.1. The van der Waals surface area contributed by atoms with Crippen LogP contribution in [0.15, 0.2) is 30.5 Å². The number of aromatic nitrogens is 2. The number of halogens is 3. The molecule has 2 aliphatic carbocycles. The first-order valence-electron chi connectivity index (χ1n) is 10.9. The van der Waals surface area contributed by atoms with Gasteiger partial charge in [-0.3, -0.25) is 0 Å². The Kier molecular flexibility index (Phi) is 6.16. The summed E-state index contributed by atoms with van der Waals surface area (Å²) in [5.74, 6) is 0.366. The molecule has 0 spiro atoms. The molecule has 0 bridgehead atoms. The van der Waals surface area contributed by atoms with Gasteiger partial charge in [0.15, 0.2) is 5.82 Å². The van der Waals surface area contributed by atoms with E-state index in [0.29, 0.717) is 11.6 Å². The normalized spacial score (nSPS) is 18.5. The molecule has 4 nitrogen and oxygen atoms in total. The van der Waals surface area contributed by atoms with Gasteiger partial charge in [0, 0.05) is 18.9 Å². The molecule has 0 saturated heterocycles. The molecule has 0 aliphatic heterocycles. The lowest BCUT2D eigenvalue weighted by molar-refractivity contribution is -0.137. The average molecular weight is 419 g/mol. The van der Waals surface area contributed by atoms with Gasteiger partial charge < -0.3 is 9.64 Å². The van der Waals surface area contributed by atoms with E-state index >= 15 is 0 Å². The van der Waals surface area contributed by atoms with Crippen LogP contribution in [0.3, 0.4) is 0 Å². The Labute approximate surface area is 175 Å². The van der Waals surface area contributed by atoms with Crippen molar-refractivity contribution in [1.82, 2.24) is 9.97 Å². The molecule has 4 rings (SSSR count). The molecule has 0 amide bonds. The van der Waals surface area contributed by atoms with Crippen molar-refractivity contribution < 1.29 is 17.9 Å². The van der Waals surface area contributed by atoms with Crippen LogP contribution in [-0.2, 0) is 6.18 Å². The van der Waals surface area contributed by atoms with Crippen molar-refractivity contribution >= 4 is 11.5 Å². The third-order valence-corrected chi connectivity index (χ3v) is 6.30. The van der Waals surface area contributed by atoms with E-state index in [-0.39, 0.29) is 17.9 Å². The maximum atomic E-state index is 13.6. The van der Waals surface area contributed by atoms with E-state index in [1.165, 1.54) is 42.6 Å². The lowest BCUT2D eigenvalue weighted by atomic mass is 9.84. The molecule has 1 heterocycles. The molecule has 1 aromatic heterocycles. The first kappa shape index (κ1) is 20.9. The molecule has 1 aromatic carbocycles. The van der Waals surface area contributed by atoms with Gasteiger partial charge in [-0.15, -0.1) is 0 Å². The van der Waals surface area contributed by atoms with E-state index in [4.69, 9.17) is 4.74 Å². The van der Waals surface area contributed by atoms with Crippen molar-refractivity contribution in [1.29, 1.82) is 0 Å². The number of hydrogen-bond donors (Lipinski definition) is 0. The quantitative estimate of drug-likeness (QED) is 0.545. The number of ether oxygens (including phenoxy) is 1. The Morgan fingerprint density at radius 3 is 2.20 bits per heavy atom. The lowest BCUT2D eigenvalue weighted by Gasteiger charge is -2.25. The van der Waals surface area contributed by atoms with E-state index in [1.54, 1.807) is 7.05 Å². The molecule has 0 N–H and O–H groups in total. The first-order chi connectivity index (χ1) is 14.4. The van der Waals surface area contributed by atoms with E-state index < -0.39 is 11.7 Å². The van der Waals surface area contributed by atoms with Crippen molar-refractivity contribution in [3.05, 3.63) is 41.6 Å². The highest BCUT2D eigenvalue weighted by atomic mass is 19.4. The van der Waals surface area contributed by atoms with Gasteiger partial charge in [-0.1, -0.05) is 31.4 Å². The Bertz CT molecular complexity index is 842. The van der Waals surface area contributed by atoms with Crippen molar-refractivity contribution in [3.63, 3.8) is 0 Å². The Morgan fingerprint density at radius 1 is 0.933 bits per heavy atom. The van der Waals surface area contributed by atoms with Gasteiger partial charge in [-0.05, 0) is 62.1 Å². The molecule has 0 radical (unpaired) electrons. The lowest BCUT2D eigenvalue weighted by Crippen LogP contribution is -2.21. The monoisotopic (exact) mass is 419 g/mol. The van der Waals surface area contributed by atoms with Gasteiger partial charge in [-0.25, -0.2) is 4.98 Å². The number of alkyl halides is 3. The molecule has 0 atom stereocenters. The number of benzene rings is 1. The van der Waals surface area contributed by atoms with E-state index in [2.05, 4.69) is 9.97 Å². The highest BCUT2D eigenvalue weighted by Gasteiger charge is 2.37. The minimum atomic E-state index is -4.54. The van der Waals surface area contributed by atoms with Gasteiger partial charge in [0.1, 0.15) is 11.7 Å². The van der Waals surface area contributed by atoms with Crippen LogP contribution >= 0.6 is 0 Å². The Hall–Kier alpha value is -2.31. The van der Waals surface area contributed by atoms with E-state index in [1.807, 2.05) is 24.3 Å². The number of hydrogen-bond acceptors (Lipinski definition) is 4. The highest BCUT2D eigenvalue weighted by Crippen LogP contribution is 2.39. The third-order valence-electron chi connectivity index (χ3n) is 6.30. The van der Waals surface area contributed by atoms with E-state index in [9.17, 15) is 13.2 Å². The molecule has 2 aliphatic rings. The Balaban J connectivity index is 1.59. The van der Waals surface area contributed by atoms with Gasteiger partial charge in [-0.2, -0.15) is 18.2 Å². The van der Waals surface area contributed by atoms with Crippen molar-refractivity contribution in [3.8, 4) is 6.01 Å². The van der Waals surface area contributed by atoms with Crippen LogP contribution in [0, 0.1) is 0 Å². The fourth-order valence-corrected chi connectivity index (χ4v) is 4.55. The van der Waals surface area contributed by atoms with Crippen LogP contribution in [0.25, 0.3) is 0 Å². The summed E-state index contributed by atoms with van der Waals surface area (Å²) in [7, 11) is 1.60. The second-order valence-corrected chi connectivity index (χ2v) is 8.40. The second-order valence-electron chi connectivity index (χ2n) is 8.40. The predicted molar refractivity (Wildman–Crippen MR) is 110 cm³/mol. The zero-order valence-electron chi connectivity index (χ0n) is 17.3. The number of anilines is 2. The highest BCUT2D eigenvalue weighted by molar-refractivity contribution is 5.63. The zero-order valence-corrected chi connectivity index (χ0v) is 17.3. The van der Waals surface area contributed by atoms with Crippen molar-refractivity contribution in [2.24, 2.45) is 0 Å². The second kappa shape index (κ2) is 8.82. The maximum Gasteiger partial charge on any atom is 0.421 e. The predicted octanol–water partition coefficient (Wildman–Crippen LogP) is 6.63. The molecule has 2 fully saturated rings. The summed E-state index contributed by atoms with van der Waals surface area (Å²) in [6.45, 7) is 0. The fraction of sp³-hybridized carbons (Fsp3) is 0.565. The summed E-state index contributed by atoms with van der Waals surface area (Å²) >= 11 is 0. The first-order valence-corrected chi connectivity index (χ1v) is 10.9. The molecule has 30 heavy (non-hydrogen) atoms. The fourth-order valence-electron chi connectivity index (χ4n) is 4.55. The van der Waals surface area contributed by atoms with Crippen LogP contribution in [0.2, 0.25) is 0 Å². The Morgan fingerprint density at radius 2 is 1.57 bits per heavy atom. The summed E-state index contributed by atoms with van der Waals surface area (Å²) in [5, 5.41) is 0. The minimum Gasteiger partial charge on any atom is -0.460 e. The average Bonchev–Trinajstić information content (AvgIpc) is 3.26. The van der Waals surface area contributed by atoms with Gasteiger partial charge in [0.2, 0.25) is 0 Å². The van der Waals surface area contributed by atoms with Gasteiger partial charge in [0.05, 0.1) is 0 Å². The third kappa shape index (κ3) is 4.71. The minimum absolute atomic E-state index is 0.00979.